The maximum Gasteiger partial charge on any atom is 0.355 e. The zero-order valence-corrected chi connectivity index (χ0v) is 15.8. The summed E-state index contributed by atoms with van der Waals surface area (Å²) in [4.78, 5) is 50.0. The van der Waals surface area contributed by atoms with Crippen LogP contribution in [0.1, 0.15) is 79.8 Å². The second kappa shape index (κ2) is 8.70. The maximum atomic E-state index is 12.6. The van der Waals surface area contributed by atoms with Gasteiger partial charge in [0.2, 0.25) is 0 Å². The molecule has 27 heavy (non-hydrogen) atoms. The zero-order chi connectivity index (χ0) is 20.1. The monoisotopic (exact) mass is 381 g/mol. The van der Waals surface area contributed by atoms with E-state index in [1.54, 1.807) is 0 Å². The highest BCUT2D eigenvalue weighted by molar-refractivity contribution is 6.15. The molecule has 0 aliphatic heterocycles. The van der Waals surface area contributed by atoms with Gasteiger partial charge in [-0.1, -0.05) is 19.3 Å². The van der Waals surface area contributed by atoms with E-state index in [0.29, 0.717) is 12.8 Å². The molecule has 0 spiro atoms. The fourth-order valence-corrected chi connectivity index (χ4v) is 3.49. The molecular formula is C18H23NO8. The van der Waals surface area contributed by atoms with Crippen molar-refractivity contribution >= 4 is 23.9 Å². The Hall–Kier alpha value is -2.84. The van der Waals surface area contributed by atoms with E-state index in [1.807, 2.05) is 0 Å². The first-order valence-electron chi connectivity index (χ1n) is 8.54. The van der Waals surface area contributed by atoms with Crippen molar-refractivity contribution in [3.8, 4) is 0 Å². The number of carbonyl (C=O) groups is 4. The summed E-state index contributed by atoms with van der Waals surface area (Å²) >= 11 is 0. The number of esters is 4. The topological polar surface area (TPSA) is 110 Å². The van der Waals surface area contributed by atoms with Gasteiger partial charge >= 0.3 is 23.9 Å². The number of methoxy groups -OCH3 is 4. The first kappa shape index (κ1) is 20.5. The van der Waals surface area contributed by atoms with Crippen LogP contribution in [0.2, 0.25) is 0 Å². The van der Waals surface area contributed by atoms with Gasteiger partial charge in [-0.2, -0.15) is 0 Å². The van der Waals surface area contributed by atoms with Crippen LogP contribution < -0.4 is 0 Å². The highest BCUT2D eigenvalue weighted by atomic mass is 16.5. The largest absolute Gasteiger partial charge is 0.465 e. The lowest BCUT2D eigenvalue weighted by molar-refractivity contribution is 0.0530. The second-order valence-electron chi connectivity index (χ2n) is 6.08. The molecular weight excluding hydrogens is 358 g/mol. The lowest BCUT2D eigenvalue weighted by atomic mass is 9.95. The average Bonchev–Trinajstić information content (AvgIpc) is 3.08. The molecule has 1 fully saturated rings. The molecule has 148 valence electrons. The molecule has 0 amide bonds. The van der Waals surface area contributed by atoms with Crippen LogP contribution in [0.3, 0.4) is 0 Å². The predicted octanol–water partition coefficient (Wildman–Crippen LogP) is 2.14. The first-order valence-corrected chi connectivity index (χ1v) is 8.54. The van der Waals surface area contributed by atoms with E-state index in [9.17, 15) is 19.2 Å². The smallest absolute Gasteiger partial charge is 0.355 e. The molecule has 1 aromatic heterocycles. The van der Waals surface area contributed by atoms with Crippen LogP contribution in [0, 0.1) is 0 Å². The summed E-state index contributed by atoms with van der Waals surface area (Å²) in [6.07, 6.45) is 4.12. The van der Waals surface area contributed by atoms with Crippen LogP contribution in [-0.4, -0.2) is 56.9 Å². The number of aromatic nitrogens is 1. The Kier molecular flexibility index (Phi) is 6.59. The fourth-order valence-electron chi connectivity index (χ4n) is 3.49. The minimum atomic E-state index is -0.949. The van der Waals surface area contributed by atoms with Crippen LogP contribution in [0.5, 0.6) is 0 Å². The number of carbonyl (C=O) groups excluding carboxylic acids is 4. The van der Waals surface area contributed by atoms with E-state index in [2.05, 4.69) is 0 Å². The minimum absolute atomic E-state index is 0.211. The number of hydrogen-bond acceptors (Lipinski definition) is 8. The third-order valence-corrected chi connectivity index (χ3v) is 4.68. The van der Waals surface area contributed by atoms with Gasteiger partial charge in [0.1, 0.15) is 22.5 Å². The van der Waals surface area contributed by atoms with E-state index in [-0.39, 0.29) is 28.6 Å². The Balaban J connectivity index is 2.94. The molecule has 9 heteroatoms. The summed E-state index contributed by atoms with van der Waals surface area (Å²) in [5, 5.41) is 0. The van der Waals surface area contributed by atoms with Gasteiger partial charge in [0, 0.05) is 6.04 Å². The number of hydrogen-bond donors (Lipinski definition) is 0. The van der Waals surface area contributed by atoms with Gasteiger partial charge in [0.15, 0.2) is 0 Å². The Morgan fingerprint density at radius 3 is 1.37 bits per heavy atom. The van der Waals surface area contributed by atoms with E-state index < -0.39 is 23.9 Å². The summed E-state index contributed by atoms with van der Waals surface area (Å²) in [6, 6.07) is -0.274. The van der Waals surface area contributed by atoms with Crippen LogP contribution in [0.4, 0.5) is 0 Å². The molecule has 0 aromatic carbocycles. The van der Waals surface area contributed by atoms with E-state index in [1.165, 1.54) is 4.57 Å². The van der Waals surface area contributed by atoms with Crippen molar-refractivity contribution in [2.45, 2.75) is 38.1 Å². The van der Waals surface area contributed by atoms with Gasteiger partial charge in [-0.25, -0.2) is 19.2 Å². The molecule has 9 nitrogen and oxygen atoms in total. The van der Waals surface area contributed by atoms with Crippen molar-refractivity contribution in [2.24, 2.45) is 0 Å². The van der Waals surface area contributed by atoms with Crippen LogP contribution in [0.15, 0.2) is 0 Å². The van der Waals surface area contributed by atoms with Crippen LogP contribution in [0.25, 0.3) is 0 Å². The van der Waals surface area contributed by atoms with Crippen molar-refractivity contribution in [1.29, 1.82) is 0 Å². The summed E-state index contributed by atoms with van der Waals surface area (Å²) in [5.74, 6) is -3.62. The molecule has 0 bridgehead atoms. The van der Waals surface area contributed by atoms with Gasteiger partial charge < -0.3 is 23.5 Å². The van der Waals surface area contributed by atoms with Crippen LogP contribution >= 0.6 is 0 Å². The summed E-state index contributed by atoms with van der Waals surface area (Å²) in [6.45, 7) is 0. The van der Waals surface area contributed by atoms with Gasteiger partial charge in [0.05, 0.1) is 28.4 Å². The molecule has 0 N–H and O–H groups in total. The van der Waals surface area contributed by atoms with E-state index in [4.69, 9.17) is 18.9 Å². The quantitative estimate of drug-likeness (QED) is 0.563. The highest BCUT2D eigenvalue weighted by Gasteiger charge is 2.41. The van der Waals surface area contributed by atoms with Crippen molar-refractivity contribution in [3.63, 3.8) is 0 Å². The SMILES string of the molecule is COC(=O)c1c(C(=O)OC)c(C(=O)OC)n(C2CCCCC2)c1C(=O)OC. The van der Waals surface area contributed by atoms with Gasteiger partial charge in [0.25, 0.3) is 0 Å². The molecule has 0 radical (unpaired) electrons. The van der Waals surface area contributed by atoms with E-state index in [0.717, 1.165) is 47.7 Å². The van der Waals surface area contributed by atoms with Crippen molar-refractivity contribution < 1.29 is 38.1 Å². The molecule has 1 aliphatic rings. The molecule has 1 aliphatic carbocycles. The Bertz CT molecular complexity index is 704. The lowest BCUT2D eigenvalue weighted by Crippen LogP contribution is -2.24. The second-order valence-corrected chi connectivity index (χ2v) is 6.08. The summed E-state index contributed by atoms with van der Waals surface area (Å²) in [5.41, 5.74) is -1.14. The zero-order valence-electron chi connectivity index (χ0n) is 15.8. The number of ether oxygens (including phenoxy) is 4. The summed E-state index contributed by atoms with van der Waals surface area (Å²) in [7, 11) is 4.52. The Morgan fingerprint density at radius 2 is 1.04 bits per heavy atom. The van der Waals surface area contributed by atoms with Crippen molar-refractivity contribution in [2.75, 3.05) is 28.4 Å². The fraction of sp³-hybridized carbons (Fsp3) is 0.556. The first-order chi connectivity index (χ1) is 12.9. The van der Waals surface area contributed by atoms with Gasteiger partial charge in [-0.05, 0) is 12.8 Å². The van der Waals surface area contributed by atoms with Crippen molar-refractivity contribution in [1.82, 2.24) is 4.57 Å². The average molecular weight is 381 g/mol. The van der Waals surface area contributed by atoms with Gasteiger partial charge in [-0.3, -0.25) is 0 Å². The minimum Gasteiger partial charge on any atom is -0.465 e. The standard InChI is InChI=1S/C18H23NO8/c1-24-15(20)11-12(16(21)25-2)14(18(23)27-4)19(13(11)17(22)26-3)10-8-6-5-7-9-10/h10H,5-9H2,1-4H3. The van der Waals surface area contributed by atoms with Crippen LogP contribution in [-0.2, 0) is 18.9 Å². The predicted molar refractivity (Wildman–Crippen MR) is 91.9 cm³/mol. The number of rotatable bonds is 5. The normalized spacial score (nSPS) is 14.4. The van der Waals surface area contributed by atoms with E-state index >= 15 is 0 Å². The molecule has 2 rings (SSSR count). The molecule has 0 unspecified atom stereocenters. The maximum absolute atomic E-state index is 12.6. The Morgan fingerprint density at radius 1 is 0.667 bits per heavy atom. The molecule has 1 heterocycles. The third-order valence-electron chi connectivity index (χ3n) is 4.68. The third kappa shape index (κ3) is 3.67. The molecule has 0 atom stereocenters. The Labute approximate surface area is 156 Å². The summed E-state index contributed by atoms with van der Waals surface area (Å²) < 4.78 is 20.5. The molecule has 1 saturated carbocycles. The molecule has 1 aromatic rings. The number of nitrogens with zero attached hydrogens (tertiary/aromatic N) is 1. The molecule has 0 saturated heterocycles. The highest BCUT2D eigenvalue weighted by Crippen LogP contribution is 2.36. The lowest BCUT2D eigenvalue weighted by Gasteiger charge is -2.26. The van der Waals surface area contributed by atoms with Crippen molar-refractivity contribution in [3.05, 3.63) is 22.5 Å². The van der Waals surface area contributed by atoms with Gasteiger partial charge in [-0.15, -0.1) is 0 Å².